The van der Waals surface area contributed by atoms with Crippen LogP contribution in [0, 0.1) is 18.3 Å². The molecule has 0 bridgehead atoms. The van der Waals surface area contributed by atoms with Crippen LogP contribution in [-0.4, -0.2) is 31.9 Å². The first kappa shape index (κ1) is 16.9. The van der Waals surface area contributed by atoms with Gasteiger partial charge in [0.25, 0.3) is 0 Å². The molecule has 0 saturated carbocycles. The second-order valence-electron chi connectivity index (χ2n) is 4.74. The van der Waals surface area contributed by atoms with Crippen LogP contribution in [0.2, 0.25) is 0 Å². The van der Waals surface area contributed by atoms with Crippen molar-refractivity contribution in [3.05, 3.63) is 29.3 Å². The molecular formula is C13H18ClN3O2S. The van der Waals surface area contributed by atoms with Crippen LogP contribution in [0.3, 0.4) is 0 Å². The number of nitrogens with two attached hydrogens (primary N) is 1. The average molecular weight is 316 g/mol. The van der Waals surface area contributed by atoms with Gasteiger partial charge in [-0.05, 0) is 37.5 Å². The molecule has 0 aliphatic carbocycles. The van der Waals surface area contributed by atoms with Crippen LogP contribution in [0.25, 0.3) is 0 Å². The highest BCUT2D eigenvalue weighted by Crippen LogP contribution is 2.27. The number of rotatable bonds is 3. The van der Waals surface area contributed by atoms with Crippen molar-refractivity contribution in [1.82, 2.24) is 4.31 Å². The molecule has 2 N–H and O–H groups in total. The maximum atomic E-state index is 12.7. The van der Waals surface area contributed by atoms with Crippen LogP contribution < -0.4 is 5.73 Å². The Morgan fingerprint density at radius 3 is 2.80 bits per heavy atom. The summed E-state index contributed by atoms with van der Waals surface area (Å²) in [5.41, 5.74) is 6.64. The Bertz CT molecular complexity index is 625. The Balaban J connectivity index is 0.00000200. The quantitative estimate of drug-likeness (QED) is 0.913. The summed E-state index contributed by atoms with van der Waals surface area (Å²) in [4.78, 5) is 0.215. The summed E-state index contributed by atoms with van der Waals surface area (Å²) in [6.07, 6.45) is 1.63. The number of benzene rings is 1. The molecule has 1 saturated heterocycles. The smallest absolute Gasteiger partial charge is 0.243 e. The van der Waals surface area contributed by atoms with Gasteiger partial charge in [0.05, 0.1) is 16.5 Å². The van der Waals surface area contributed by atoms with E-state index in [0.29, 0.717) is 24.2 Å². The molecule has 7 heteroatoms. The number of hydrogen-bond donors (Lipinski definition) is 1. The monoisotopic (exact) mass is 315 g/mol. The topological polar surface area (TPSA) is 87.2 Å². The van der Waals surface area contributed by atoms with Gasteiger partial charge in [-0.2, -0.15) is 9.57 Å². The lowest BCUT2D eigenvalue weighted by atomic mass is 10.2. The Hall–Kier alpha value is -1.13. The molecular weight excluding hydrogens is 298 g/mol. The molecule has 0 spiro atoms. The lowest BCUT2D eigenvalue weighted by molar-refractivity contribution is 0.393. The van der Waals surface area contributed by atoms with E-state index in [4.69, 9.17) is 11.0 Å². The van der Waals surface area contributed by atoms with Crippen LogP contribution in [0.1, 0.15) is 24.0 Å². The third-order valence-electron chi connectivity index (χ3n) is 3.50. The molecule has 20 heavy (non-hydrogen) atoms. The lowest BCUT2D eigenvalue weighted by Crippen LogP contribution is -2.40. The van der Waals surface area contributed by atoms with E-state index >= 15 is 0 Å². The molecule has 110 valence electrons. The number of sulfonamides is 1. The Kier molecular flexibility index (Phi) is 5.54. The van der Waals surface area contributed by atoms with Crippen LogP contribution in [0.5, 0.6) is 0 Å². The van der Waals surface area contributed by atoms with E-state index < -0.39 is 10.0 Å². The summed E-state index contributed by atoms with van der Waals surface area (Å²) in [5, 5.41) is 8.90. The molecule has 1 aliphatic heterocycles. The van der Waals surface area contributed by atoms with Crippen molar-refractivity contribution < 1.29 is 8.42 Å². The van der Waals surface area contributed by atoms with E-state index in [1.165, 1.54) is 10.4 Å². The van der Waals surface area contributed by atoms with Crippen molar-refractivity contribution in [2.75, 3.05) is 13.1 Å². The molecule has 0 radical (unpaired) electrons. The largest absolute Gasteiger partial charge is 0.329 e. The maximum absolute atomic E-state index is 12.7. The molecule has 5 nitrogen and oxygen atoms in total. The van der Waals surface area contributed by atoms with Crippen molar-refractivity contribution in [3.8, 4) is 6.07 Å². The first-order chi connectivity index (χ1) is 9.00. The zero-order chi connectivity index (χ0) is 14.0. The Morgan fingerprint density at radius 1 is 1.50 bits per heavy atom. The minimum absolute atomic E-state index is 0. The summed E-state index contributed by atoms with van der Waals surface area (Å²) in [5.74, 6) is 0. The molecule has 1 atom stereocenters. The summed E-state index contributed by atoms with van der Waals surface area (Å²) >= 11 is 0. The van der Waals surface area contributed by atoms with Gasteiger partial charge < -0.3 is 5.73 Å². The summed E-state index contributed by atoms with van der Waals surface area (Å²) < 4.78 is 26.8. The summed E-state index contributed by atoms with van der Waals surface area (Å²) in [7, 11) is -3.56. The average Bonchev–Trinajstić information content (AvgIpc) is 2.88. The first-order valence-electron chi connectivity index (χ1n) is 6.23. The van der Waals surface area contributed by atoms with Gasteiger partial charge in [-0.15, -0.1) is 12.4 Å². The second-order valence-corrected chi connectivity index (χ2v) is 6.60. The SMILES string of the molecule is Cc1ccc(C#N)cc1S(=O)(=O)N1CCCC1CN.Cl. The molecule has 1 heterocycles. The normalized spacial score (nSPS) is 19.4. The number of nitriles is 1. The number of hydrogen-bond acceptors (Lipinski definition) is 4. The van der Waals surface area contributed by atoms with Gasteiger partial charge in [0.1, 0.15) is 0 Å². The lowest BCUT2D eigenvalue weighted by Gasteiger charge is -2.23. The molecule has 1 aliphatic rings. The van der Waals surface area contributed by atoms with Crippen LogP contribution >= 0.6 is 12.4 Å². The third kappa shape index (κ3) is 2.96. The Morgan fingerprint density at radius 2 is 2.20 bits per heavy atom. The summed E-state index contributed by atoms with van der Waals surface area (Å²) in [6, 6.07) is 6.58. The summed E-state index contributed by atoms with van der Waals surface area (Å²) in [6.45, 7) is 2.57. The highest BCUT2D eigenvalue weighted by atomic mass is 35.5. The first-order valence-corrected chi connectivity index (χ1v) is 7.67. The maximum Gasteiger partial charge on any atom is 0.243 e. The van der Waals surface area contributed by atoms with Gasteiger partial charge in [0, 0.05) is 19.1 Å². The van der Waals surface area contributed by atoms with E-state index in [-0.39, 0.29) is 23.3 Å². The fourth-order valence-corrected chi connectivity index (χ4v) is 4.39. The van der Waals surface area contributed by atoms with Crippen molar-refractivity contribution >= 4 is 22.4 Å². The van der Waals surface area contributed by atoms with Crippen molar-refractivity contribution in [1.29, 1.82) is 5.26 Å². The molecule has 1 unspecified atom stereocenters. The standard InChI is InChI=1S/C13H17N3O2S.ClH/c1-10-4-5-11(8-14)7-13(10)19(17,18)16-6-2-3-12(16)9-15;/h4-5,7,12H,2-3,6,9,15H2,1H3;1H. The van der Waals surface area contributed by atoms with E-state index in [0.717, 1.165) is 12.8 Å². The minimum atomic E-state index is -3.56. The van der Waals surface area contributed by atoms with Crippen molar-refractivity contribution in [2.45, 2.75) is 30.7 Å². The van der Waals surface area contributed by atoms with E-state index in [1.807, 2.05) is 6.07 Å². The predicted octanol–water partition coefficient (Wildman–Crippen LogP) is 1.40. The number of aryl methyl sites for hydroxylation is 1. The van der Waals surface area contributed by atoms with Gasteiger partial charge in [-0.1, -0.05) is 6.07 Å². The molecule has 1 aromatic carbocycles. The van der Waals surface area contributed by atoms with Crippen molar-refractivity contribution in [3.63, 3.8) is 0 Å². The zero-order valence-electron chi connectivity index (χ0n) is 11.2. The molecule has 0 aromatic heterocycles. The number of halogens is 1. The second kappa shape index (κ2) is 6.55. The fraction of sp³-hybridized carbons (Fsp3) is 0.462. The predicted molar refractivity (Wildman–Crippen MR) is 79.1 cm³/mol. The molecule has 1 fully saturated rings. The molecule has 0 amide bonds. The van der Waals surface area contributed by atoms with Gasteiger partial charge >= 0.3 is 0 Å². The highest BCUT2D eigenvalue weighted by Gasteiger charge is 2.35. The van der Waals surface area contributed by atoms with Crippen LogP contribution in [0.15, 0.2) is 23.1 Å². The Labute approximate surface area is 125 Å². The van der Waals surface area contributed by atoms with E-state index in [9.17, 15) is 8.42 Å². The highest BCUT2D eigenvalue weighted by molar-refractivity contribution is 7.89. The third-order valence-corrected chi connectivity index (χ3v) is 5.59. The molecule has 1 aromatic rings. The van der Waals surface area contributed by atoms with Gasteiger partial charge in [-0.25, -0.2) is 8.42 Å². The van der Waals surface area contributed by atoms with Gasteiger partial charge in [0.2, 0.25) is 10.0 Å². The zero-order valence-corrected chi connectivity index (χ0v) is 12.9. The fourth-order valence-electron chi connectivity index (χ4n) is 2.44. The van der Waals surface area contributed by atoms with Gasteiger partial charge in [0.15, 0.2) is 0 Å². The van der Waals surface area contributed by atoms with Gasteiger partial charge in [-0.3, -0.25) is 0 Å². The van der Waals surface area contributed by atoms with Crippen LogP contribution in [-0.2, 0) is 10.0 Å². The van der Waals surface area contributed by atoms with Crippen LogP contribution in [0.4, 0.5) is 0 Å². The van der Waals surface area contributed by atoms with E-state index in [1.54, 1.807) is 19.1 Å². The number of nitrogens with zero attached hydrogens (tertiary/aromatic N) is 2. The minimum Gasteiger partial charge on any atom is -0.329 e. The van der Waals surface area contributed by atoms with E-state index in [2.05, 4.69) is 0 Å². The molecule has 2 rings (SSSR count). The van der Waals surface area contributed by atoms with Crippen molar-refractivity contribution in [2.24, 2.45) is 5.73 Å².